The van der Waals surface area contributed by atoms with Crippen molar-refractivity contribution in [1.82, 2.24) is 20.2 Å². The van der Waals surface area contributed by atoms with Crippen molar-refractivity contribution in [2.75, 3.05) is 39.0 Å². The predicted molar refractivity (Wildman–Crippen MR) is 79.1 cm³/mol. The van der Waals surface area contributed by atoms with Crippen molar-refractivity contribution in [3.63, 3.8) is 0 Å². The highest BCUT2D eigenvalue weighted by Crippen LogP contribution is 2.27. The third-order valence-electron chi connectivity index (χ3n) is 3.94. The second kappa shape index (κ2) is 6.03. The molecule has 1 aromatic rings. The molecule has 19 heavy (non-hydrogen) atoms. The van der Waals surface area contributed by atoms with Gasteiger partial charge in [-0.2, -0.15) is 0 Å². The fourth-order valence-electron chi connectivity index (χ4n) is 2.84. The van der Waals surface area contributed by atoms with Gasteiger partial charge in [0.25, 0.3) is 0 Å². The number of hydrogen-bond donors (Lipinski definition) is 2. The van der Waals surface area contributed by atoms with Gasteiger partial charge in [-0.3, -0.25) is 0 Å². The van der Waals surface area contributed by atoms with Crippen molar-refractivity contribution in [2.45, 2.75) is 25.3 Å². The molecule has 5 nitrogen and oxygen atoms in total. The van der Waals surface area contributed by atoms with Gasteiger partial charge in [0.1, 0.15) is 11.6 Å². The van der Waals surface area contributed by atoms with Gasteiger partial charge in [0.15, 0.2) is 0 Å². The molecule has 0 amide bonds. The van der Waals surface area contributed by atoms with E-state index in [1.165, 1.54) is 11.3 Å². The lowest BCUT2D eigenvalue weighted by Crippen LogP contribution is -2.29. The lowest BCUT2D eigenvalue weighted by molar-refractivity contribution is 0.306. The molecule has 1 atom stereocenters. The van der Waals surface area contributed by atoms with Gasteiger partial charge in [0.05, 0.1) is 5.69 Å². The Morgan fingerprint density at radius 3 is 2.89 bits per heavy atom. The molecule has 0 aliphatic carbocycles. The van der Waals surface area contributed by atoms with E-state index in [1.54, 1.807) is 0 Å². The second-order valence-electron chi connectivity index (χ2n) is 5.28. The SMILES string of the molecule is CNc1nc(C2CCNC2)nc2c1CCN(C)C2.Cl. The third kappa shape index (κ3) is 2.83. The molecule has 1 saturated heterocycles. The Kier molecular flexibility index (Phi) is 4.60. The van der Waals surface area contributed by atoms with Crippen LogP contribution in [0.1, 0.15) is 29.4 Å². The van der Waals surface area contributed by atoms with Crippen LogP contribution in [0.15, 0.2) is 0 Å². The molecule has 0 spiro atoms. The summed E-state index contributed by atoms with van der Waals surface area (Å²) in [5, 5.41) is 6.63. The maximum atomic E-state index is 4.82. The van der Waals surface area contributed by atoms with Gasteiger partial charge >= 0.3 is 0 Å². The zero-order chi connectivity index (χ0) is 12.5. The second-order valence-corrected chi connectivity index (χ2v) is 5.28. The van der Waals surface area contributed by atoms with Crippen LogP contribution in [0, 0.1) is 0 Å². The van der Waals surface area contributed by atoms with Gasteiger partial charge in [0.2, 0.25) is 0 Å². The number of nitrogens with zero attached hydrogens (tertiary/aromatic N) is 3. The number of halogens is 1. The van der Waals surface area contributed by atoms with Crippen molar-refractivity contribution in [2.24, 2.45) is 0 Å². The molecule has 2 aliphatic rings. The van der Waals surface area contributed by atoms with Gasteiger partial charge in [-0.15, -0.1) is 12.4 Å². The summed E-state index contributed by atoms with van der Waals surface area (Å²) in [6, 6.07) is 0. The Balaban J connectivity index is 0.00000133. The van der Waals surface area contributed by atoms with Gasteiger partial charge in [-0.25, -0.2) is 9.97 Å². The maximum Gasteiger partial charge on any atom is 0.135 e. The number of rotatable bonds is 2. The van der Waals surface area contributed by atoms with Crippen molar-refractivity contribution in [3.8, 4) is 0 Å². The van der Waals surface area contributed by atoms with E-state index >= 15 is 0 Å². The summed E-state index contributed by atoms with van der Waals surface area (Å²) in [6.45, 7) is 4.13. The quantitative estimate of drug-likeness (QED) is 0.848. The maximum absolute atomic E-state index is 4.82. The summed E-state index contributed by atoms with van der Waals surface area (Å²) >= 11 is 0. The Morgan fingerprint density at radius 2 is 2.21 bits per heavy atom. The molecule has 3 heterocycles. The normalized spacial score (nSPS) is 22.7. The Bertz CT molecular complexity index is 445. The van der Waals surface area contributed by atoms with E-state index in [2.05, 4.69) is 22.6 Å². The summed E-state index contributed by atoms with van der Waals surface area (Å²) in [7, 11) is 4.11. The molecule has 3 rings (SSSR count). The average Bonchev–Trinajstić information content (AvgIpc) is 2.90. The molecule has 106 valence electrons. The molecule has 0 saturated carbocycles. The molecule has 2 N–H and O–H groups in total. The minimum absolute atomic E-state index is 0. The fourth-order valence-corrected chi connectivity index (χ4v) is 2.84. The summed E-state index contributed by atoms with van der Waals surface area (Å²) in [4.78, 5) is 11.9. The number of anilines is 1. The van der Waals surface area contributed by atoms with Crippen LogP contribution in [-0.4, -0.2) is 48.6 Å². The first-order valence-electron chi connectivity index (χ1n) is 6.74. The van der Waals surface area contributed by atoms with E-state index in [0.29, 0.717) is 5.92 Å². The van der Waals surface area contributed by atoms with E-state index in [1.807, 2.05) is 7.05 Å². The van der Waals surface area contributed by atoms with E-state index in [4.69, 9.17) is 9.97 Å². The first-order chi connectivity index (χ1) is 8.78. The van der Waals surface area contributed by atoms with Crippen molar-refractivity contribution >= 4 is 18.2 Å². The Hall–Kier alpha value is -0.910. The highest BCUT2D eigenvalue weighted by Gasteiger charge is 2.24. The van der Waals surface area contributed by atoms with E-state index in [-0.39, 0.29) is 12.4 Å². The Labute approximate surface area is 120 Å². The predicted octanol–water partition coefficient (Wildman–Crippen LogP) is 1.00. The van der Waals surface area contributed by atoms with Crippen LogP contribution in [0.25, 0.3) is 0 Å². The largest absolute Gasteiger partial charge is 0.373 e. The standard InChI is InChI=1S/C13H21N5.ClH/c1-14-13-10-4-6-18(2)8-11(10)16-12(17-13)9-3-5-15-7-9;/h9,15H,3-8H2,1-2H3,(H,14,16,17);1H. The van der Waals surface area contributed by atoms with Crippen molar-refractivity contribution < 1.29 is 0 Å². The van der Waals surface area contributed by atoms with Crippen LogP contribution in [0.2, 0.25) is 0 Å². The van der Waals surface area contributed by atoms with Crippen LogP contribution in [0.3, 0.4) is 0 Å². The summed E-state index contributed by atoms with van der Waals surface area (Å²) in [6.07, 6.45) is 2.20. The Morgan fingerprint density at radius 1 is 1.37 bits per heavy atom. The molecule has 2 aliphatic heterocycles. The zero-order valence-electron chi connectivity index (χ0n) is 11.6. The third-order valence-corrected chi connectivity index (χ3v) is 3.94. The van der Waals surface area contributed by atoms with Crippen LogP contribution in [-0.2, 0) is 13.0 Å². The average molecular weight is 284 g/mol. The minimum atomic E-state index is 0. The number of fused-ring (bicyclic) bond motifs is 1. The zero-order valence-corrected chi connectivity index (χ0v) is 12.4. The molecule has 0 radical (unpaired) electrons. The first-order valence-corrected chi connectivity index (χ1v) is 6.74. The summed E-state index contributed by atoms with van der Waals surface area (Å²) in [5.41, 5.74) is 2.52. The number of nitrogens with one attached hydrogen (secondary N) is 2. The molecular formula is C13H22ClN5. The molecule has 1 fully saturated rings. The molecule has 1 unspecified atom stereocenters. The molecule has 1 aromatic heterocycles. The molecule has 0 aromatic carbocycles. The molecule has 0 bridgehead atoms. The van der Waals surface area contributed by atoms with Gasteiger partial charge in [-0.05, 0) is 26.4 Å². The highest BCUT2D eigenvalue weighted by atomic mass is 35.5. The lowest BCUT2D eigenvalue weighted by atomic mass is 10.0. The first kappa shape index (κ1) is 14.5. The number of aromatic nitrogens is 2. The van der Waals surface area contributed by atoms with Crippen LogP contribution < -0.4 is 10.6 Å². The number of likely N-dealkylation sites (N-methyl/N-ethyl adjacent to an activating group) is 1. The lowest BCUT2D eigenvalue weighted by Gasteiger charge is -2.26. The number of hydrogen-bond acceptors (Lipinski definition) is 5. The van der Waals surface area contributed by atoms with E-state index in [9.17, 15) is 0 Å². The van der Waals surface area contributed by atoms with Gasteiger partial charge < -0.3 is 15.5 Å². The van der Waals surface area contributed by atoms with E-state index in [0.717, 1.165) is 50.7 Å². The smallest absolute Gasteiger partial charge is 0.135 e. The topological polar surface area (TPSA) is 53.1 Å². The summed E-state index contributed by atoms with van der Waals surface area (Å²) in [5.74, 6) is 2.53. The van der Waals surface area contributed by atoms with Crippen LogP contribution in [0.5, 0.6) is 0 Å². The monoisotopic (exact) mass is 283 g/mol. The summed E-state index contributed by atoms with van der Waals surface area (Å²) < 4.78 is 0. The highest BCUT2D eigenvalue weighted by molar-refractivity contribution is 5.85. The van der Waals surface area contributed by atoms with Gasteiger partial charge in [-0.1, -0.05) is 0 Å². The molecular weight excluding hydrogens is 262 g/mol. The van der Waals surface area contributed by atoms with E-state index < -0.39 is 0 Å². The van der Waals surface area contributed by atoms with Crippen molar-refractivity contribution in [1.29, 1.82) is 0 Å². The minimum Gasteiger partial charge on any atom is -0.373 e. The van der Waals surface area contributed by atoms with Gasteiger partial charge in [0, 0.05) is 38.2 Å². The molecule has 6 heteroatoms. The van der Waals surface area contributed by atoms with Crippen molar-refractivity contribution in [3.05, 3.63) is 17.1 Å². The van der Waals surface area contributed by atoms with Crippen LogP contribution in [0.4, 0.5) is 5.82 Å². The van der Waals surface area contributed by atoms with Crippen LogP contribution >= 0.6 is 12.4 Å². The fraction of sp³-hybridized carbons (Fsp3) is 0.692.